The van der Waals surface area contributed by atoms with Crippen LogP contribution in [0.3, 0.4) is 0 Å². The van der Waals surface area contributed by atoms with E-state index in [9.17, 15) is 8.42 Å². The van der Waals surface area contributed by atoms with Gasteiger partial charge >= 0.3 is 0 Å². The van der Waals surface area contributed by atoms with E-state index in [2.05, 4.69) is 48.0 Å². The third-order valence-corrected chi connectivity index (χ3v) is 6.67. The highest BCUT2D eigenvalue weighted by atomic mass is 32.2. The number of nitrogens with one attached hydrogen (secondary N) is 1. The molecule has 1 unspecified atom stereocenters. The van der Waals surface area contributed by atoms with Crippen LogP contribution in [0.15, 0.2) is 77.7 Å². The lowest BCUT2D eigenvalue weighted by Crippen LogP contribution is -2.26. The minimum absolute atomic E-state index is 0.0782. The molecule has 0 spiro atoms. The Morgan fingerprint density at radius 3 is 1.77 bits per heavy atom. The quantitative estimate of drug-likeness (QED) is 0.475. The maximum atomic E-state index is 12.7. The summed E-state index contributed by atoms with van der Waals surface area (Å²) in [6, 6.07) is 23.4. The lowest BCUT2D eigenvalue weighted by molar-refractivity contribution is 0.242. The fourth-order valence-electron chi connectivity index (χ4n) is 3.51. The number of rotatable bonds is 9. The number of ether oxygens (including phenoxy) is 1. The summed E-state index contributed by atoms with van der Waals surface area (Å²) in [5.41, 5.74) is 4.53. The van der Waals surface area contributed by atoms with E-state index in [1.165, 1.54) is 5.56 Å². The van der Waals surface area contributed by atoms with Crippen molar-refractivity contribution in [3.05, 3.63) is 95.1 Å². The Morgan fingerprint density at radius 1 is 0.774 bits per heavy atom. The lowest BCUT2D eigenvalue weighted by atomic mass is 9.88. The van der Waals surface area contributed by atoms with Gasteiger partial charge in [-0.15, -0.1) is 0 Å². The highest BCUT2D eigenvalue weighted by Gasteiger charge is 2.18. The number of aryl methyl sites for hydroxylation is 2. The number of hydrogen-bond acceptors (Lipinski definition) is 3. The van der Waals surface area contributed by atoms with Crippen molar-refractivity contribution < 1.29 is 13.2 Å². The van der Waals surface area contributed by atoms with Crippen molar-refractivity contribution >= 4 is 10.0 Å². The normalized spacial score (nSPS) is 12.7. The molecule has 0 fully saturated rings. The van der Waals surface area contributed by atoms with Crippen LogP contribution in [0.5, 0.6) is 5.75 Å². The Morgan fingerprint density at radius 2 is 1.26 bits per heavy atom. The van der Waals surface area contributed by atoms with Crippen molar-refractivity contribution in [2.24, 2.45) is 0 Å². The fraction of sp³-hybridized carbons (Fsp3) is 0.308. The molecule has 31 heavy (non-hydrogen) atoms. The minimum atomic E-state index is -3.53. The van der Waals surface area contributed by atoms with Gasteiger partial charge in [-0.3, -0.25) is 0 Å². The third kappa shape index (κ3) is 6.42. The first kappa shape index (κ1) is 23.0. The van der Waals surface area contributed by atoms with Crippen LogP contribution >= 0.6 is 0 Å². The maximum Gasteiger partial charge on any atom is 0.240 e. The van der Waals surface area contributed by atoms with Gasteiger partial charge in [0.25, 0.3) is 0 Å². The molecule has 3 rings (SSSR count). The summed E-state index contributed by atoms with van der Waals surface area (Å²) in [6.07, 6.45) is 0.772. The Hall–Kier alpha value is -2.63. The molecule has 0 aliphatic heterocycles. The van der Waals surface area contributed by atoms with Gasteiger partial charge < -0.3 is 4.74 Å². The number of hydrogen-bond donors (Lipinski definition) is 1. The number of benzene rings is 3. The predicted octanol–water partition coefficient (Wildman–Crippen LogP) is 5.59. The van der Waals surface area contributed by atoms with E-state index in [-0.39, 0.29) is 12.0 Å². The molecule has 0 saturated carbocycles. The average molecular weight is 438 g/mol. The van der Waals surface area contributed by atoms with Gasteiger partial charge in [0.1, 0.15) is 5.75 Å². The molecule has 3 aromatic rings. The molecule has 0 amide bonds. The SMILES string of the molecule is Cc1ccc(C(CCNS(=O)(=O)c2ccc(C)cc2)c2ccc(OC(C)C)cc2)cc1. The molecule has 0 radical (unpaired) electrons. The van der Waals surface area contributed by atoms with Crippen molar-refractivity contribution in [3.8, 4) is 5.75 Å². The van der Waals surface area contributed by atoms with Gasteiger partial charge in [-0.1, -0.05) is 59.7 Å². The van der Waals surface area contributed by atoms with Crippen LogP contribution in [0.1, 0.15) is 48.4 Å². The van der Waals surface area contributed by atoms with Crippen LogP contribution < -0.4 is 9.46 Å². The maximum absolute atomic E-state index is 12.7. The summed E-state index contributed by atoms with van der Waals surface area (Å²) in [5.74, 6) is 0.913. The molecular formula is C26H31NO3S. The Balaban J connectivity index is 1.77. The first-order valence-corrected chi connectivity index (χ1v) is 12.1. The van der Waals surface area contributed by atoms with E-state index < -0.39 is 10.0 Å². The van der Waals surface area contributed by atoms with Crippen LogP contribution in [-0.2, 0) is 10.0 Å². The Kier molecular flexibility index (Phi) is 7.52. The molecule has 5 heteroatoms. The second-order valence-corrected chi connectivity index (χ2v) is 9.97. The molecule has 0 saturated heterocycles. The predicted molar refractivity (Wildman–Crippen MR) is 126 cm³/mol. The zero-order valence-corrected chi connectivity index (χ0v) is 19.4. The topological polar surface area (TPSA) is 55.4 Å². The summed E-state index contributed by atoms with van der Waals surface area (Å²) < 4.78 is 33.8. The van der Waals surface area contributed by atoms with Crippen molar-refractivity contribution in [2.45, 2.75) is 51.0 Å². The van der Waals surface area contributed by atoms with Crippen molar-refractivity contribution in [1.29, 1.82) is 0 Å². The zero-order chi connectivity index (χ0) is 22.4. The molecule has 164 valence electrons. The summed E-state index contributed by atoms with van der Waals surface area (Å²) in [7, 11) is -3.53. The number of sulfonamides is 1. The van der Waals surface area contributed by atoms with Gasteiger partial charge in [0.05, 0.1) is 11.0 Å². The second kappa shape index (κ2) is 10.1. The first-order valence-electron chi connectivity index (χ1n) is 10.6. The minimum Gasteiger partial charge on any atom is -0.491 e. The molecule has 3 aromatic carbocycles. The highest BCUT2D eigenvalue weighted by molar-refractivity contribution is 7.89. The summed E-state index contributed by atoms with van der Waals surface area (Å²) in [4.78, 5) is 0.292. The van der Waals surface area contributed by atoms with E-state index >= 15 is 0 Å². The largest absolute Gasteiger partial charge is 0.491 e. The standard InChI is InChI=1S/C26H31NO3S/c1-19(2)30-24-13-11-23(12-14-24)26(22-9-5-20(3)6-10-22)17-18-27-31(28,29)25-15-7-21(4)8-16-25/h5-16,19,26-27H,17-18H2,1-4H3. The van der Waals surface area contributed by atoms with Crippen LogP contribution in [0, 0.1) is 13.8 Å². The van der Waals surface area contributed by atoms with Gasteiger partial charge in [0, 0.05) is 12.5 Å². The summed E-state index contributed by atoms with van der Waals surface area (Å²) in [6.45, 7) is 8.35. The molecule has 0 aliphatic carbocycles. The van der Waals surface area contributed by atoms with Crippen molar-refractivity contribution in [2.75, 3.05) is 6.54 Å². The van der Waals surface area contributed by atoms with E-state index in [1.807, 2.05) is 45.0 Å². The average Bonchev–Trinajstić information content (AvgIpc) is 2.73. The lowest BCUT2D eigenvalue weighted by Gasteiger charge is -2.20. The van der Waals surface area contributed by atoms with Crippen LogP contribution in [0.4, 0.5) is 0 Å². The molecule has 1 atom stereocenters. The Bertz CT molecular complexity index is 1070. The van der Waals surface area contributed by atoms with Crippen LogP contribution in [-0.4, -0.2) is 21.1 Å². The first-order chi connectivity index (χ1) is 14.7. The highest BCUT2D eigenvalue weighted by Crippen LogP contribution is 2.30. The molecule has 0 aromatic heterocycles. The summed E-state index contributed by atoms with van der Waals surface area (Å²) >= 11 is 0. The Labute approximate surface area is 186 Å². The van der Waals surface area contributed by atoms with E-state index in [4.69, 9.17) is 4.74 Å². The molecule has 0 heterocycles. The third-order valence-electron chi connectivity index (χ3n) is 5.19. The van der Waals surface area contributed by atoms with Gasteiger partial charge in [0.15, 0.2) is 0 Å². The smallest absolute Gasteiger partial charge is 0.240 e. The monoisotopic (exact) mass is 437 g/mol. The van der Waals surface area contributed by atoms with Crippen molar-refractivity contribution in [3.63, 3.8) is 0 Å². The zero-order valence-electron chi connectivity index (χ0n) is 18.6. The van der Waals surface area contributed by atoms with Gasteiger partial charge in [0.2, 0.25) is 10.0 Å². The molecular weight excluding hydrogens is 406 g/mol. The summed E-state index contributed by atoms with van der Waals surface area (Å²) in [5, 5.41) is 0. The molecule has 0 bridgehead atoms. The van der Waals surface area contributed by atoms with E-state index in [1.54, 1.807) is 12.1 Å². The van der Waals surface area contributed by atoms with E-state index in [0.717, 1.165) is 22.4 Å². The van der Waals surface area contributed by atoms with Crippen LogP contribution in [0.2, 0.25) is 0 Å². The van der Waals surface area contributed by atoms with Crippen molar-refractivity contribution in [1.82, 2.24) is 4.72 Å². The van der Waals surface area contributed by atoms with Gasteiger partial charge in [-0.05, 0) is 69.5 Å². The van der Waals surface area contributed by atoms with Gasteiger partial charge in [-0.2, -0.15) is 0 Å². The molecule has 1 N–H and O–H groups in total. The fourth-order valence-corrected chi connectivity index (χ4v) is 4.56. The molecule has 4 nitrogen and oxygen atoms in total. The van der Waals surface area contributed by atoms with E-state index in [0.29, 0.717) is 17.9 Å². The second-order valence-electron chi connectivity index (χ2n) is 8.20. The molecule has 0 aliphatic rings. The van der Waals surface area contributed by atoms with Crippen LogP contribution in [0.25, 0.3) is 0 Å². The van der Waals surface area contributed by atoms with Gasteiger partial charge in [-0.25, -0.2) is 13.1 Å².